The van der Waals surface area contributed by atoms with Crippen molar-refractivity contribution in [3.63, 3.8) is 0 Å². The minimum Gasteiger partial charge on any atom is -0.376 e. The molecule has 0 spiro atoms. The molecule has 1 aromatic rings. The van der Waals surface area contributed by atoms with Gasteiger partial charge in [0.25, 0.3) is 0 Å². The molecular formula is C15H22ClN3O. The zero-order valence-electron chi connectivity index (χ0n) is 12.2. The number of likely N-dealkylation sites (N-methyl/N-ethyl adjacent to an activating group) is 1. The number of piperazine rings is 1. The number of benzene rings is 1. The standard InChI is InChI=1S/C15H22ClN3O/c1-3-18-6-8-19(9-7-18)15(20)11-17-14-10-13(16)5-4-12(14)2/h4-5,10,17H,3,6-9,11H2,1-2H3. The summed E-state index contributed by atoms with van der Waals surface area (Å²) in [7, 11) is 0. The van der Waals surface area contributed by atoms with Crippen LogP contribution in [0.15, 0.2) is 18.2 Å². The van der Waals surface area contributed by atoms with E-state index in [0.717, 1.165) is 44.0 Å². The number of anilines is 1. The van der Waals surface area contributed by atoms with E-state index in [9.17, 15) is 4.79 Å². The van der Waals surface area contributed by atoms with E-state index in [2.05, 4.69) is 17.1 Å². The van der Waals surface area contributed by atoms with Crippen molar-refractivity contribution in [1.29, 1.82) is 0 Å². The summed E-state index contributed by atoms with van der Waals surface area (Å²) >= 11 is 5.97. The van der Waals surface area contributed by atoms with Crippen LogP contribution in [0, 0.1) is 6.92 Å². The summed E-state index contributed by atoms with van der Waals surface area (Å²) in [6.07, 6.45) is 0. The Morgan fingerprint density at radius 3 is 2.65 bits per heavy atom. The summed E-state index contributed by atoms with van der Waals surface area (Å²) in [6, 6.07) is 5.67. The Balaban J connectivity index is 1.85. The van der Waals surface area contributed by atoms with Crippen molar-refractivity contribution in [2.24, 2.45) is 0 Å². The van der Waals surface area contributed by atoms with Crippen LogP contribution in [-0.2, 0) is 4.79 Å². The molecule has 5 heteroatoms. The Morgan fingerprint density at radius 1 is 1.30 bits per heavy atom. The molecule has 0 bridgehead atoms. The highest BCUT2D eigenvalue weighted by molar-refractivity contribution is 6.30. The van der Waals surface area contributed by atoms with Gasteiger partial charge in [-0.15, -0.1) is 0 Å². The summed E-state index contributed by atoms with van der Waals surface area (Å²) in [5, 5.41) is 3.87. The largest absolute Gasteiger partial charge is 0.376 e. The van der Waals surface area contributed by atoms with Gasteiger partial charge in [-0.2, -0.15) is 0 Å². The average molecular weight is 296 g/mol. The smallest absolute Gasteiger partial charge is 0.241 e. The molecule has 1 aromatic carbocycles. The van der Waals surface area contributed by atoms with Gasteiger partial charge in [0.1, 0.15) is 0 Å². The van der Waals surface area contributed by atoms with Crippen molar-refractivity contribution in [2.45, 2.75) is 13.8 Å². The van der Waals surface area contributed by atoms with Crippen LogP contribution < -0.4 is 5.32 Å². The Bertz CT molecular complexity index is 470. The van der Waals surface area contributed by atoms with E-state index in [-0.39, 0.29) is 5.91 Å². The van der Waals surface area contributed by atoms with Gasteiger partial charge in [0.05, 0.1) is 6.54 Å². The number of hydrogen-bond acceptors (Lipinski definition) is 3. The molecule has 1 heterocycles. The normalized spacial score (nSPS) is 16.2. The van der Waals surface area contributed by atoms with E-state index in [0.29, 0.717) is 11.6 Å². The molecule has 0 atom stereocenters. The number of carbonyl (C=O) groups is 1. The van der Waals surface area contributed by atoms with Crippen LogP contribution in [-0.4, -0.2) is 55.0 Å². The summed E-state index contributed by atoms with van der Waals surface area (Å²) in [6.45, 7) is 9.13. The number of nitrogens with one attached hydrogen (secondary N) is 1. The van der Waals surface area contributed by atoms with Crippen molar-refractivity contribution in [3.8, 4) is 0 Å². The summed E-state index contributed by atoms with van der Waals surface area (Å²) in [5.41, 5.74) is 2.02. The topological polar surface area (TPSA) is 35.6 Å². The highest BCUT2D eigenvalue weighted by atomic mass is 35.5. The summed E-state index contributed by atoms with van der Waals surface area (Å²) in [4.78, 5) is 16.5. The minimum atomic E-state index is 0.153. The van der Waals surface area contributed by atoms with E-state index < -0.39 is 0 Å². The van der Waals surface area contributed by atoms with E-state index >= 15 is 0 Å². The molecular weight excluding hydrogens is 274 g/mol. The highest BCUT2D eigenvalue weighted by Crippen LogP contribution is 2.19. The lowest BCUT2D eigenvalue weighted by Crippen LogP contribution is -2.49. The molecule has 1 aliphatic rings. The average Bonchev–Trinajstić information content (AvgIpc) is 2.48. The molecule has 20 heavy (non-hydrogen) atoms. The monoisotopic (exact) mass is 295 g/mol. The molecule has 1 N–H and O–H groups in total. The van der Waals surface area contributed by atoms with Crippen LogP contribution in [0.3, 0.4) is 0 Å². The SMILES string of the molecule is CCN1CCN(C(=O)CNc2cc(Cl)ccc2C)CC1. The van der Waals surface area contributed by atoms with E-state index in [1.807, 2.05) is 30.0 Å². The van der Waals surface area contributed by atoms with Gasteiger partial charge in [-0.1, -0.05) is 24.6 Å². The van der Waals surface area contributed by atoms with Crippen molar-refractivity contribution in [1.82, 2.24) is 9.80 Å². The molecule has 110 valence electrons. The second kappa shape index (κ2) is 6.95. The predicted molar refractivity (Wildman–Crippen MR) is 83.4 cm³/mol. The fourth-order valence-corrected chi connectivity index (χ4v) is 2.55. The first-order chi connectivity index (χ1) is 9.60. The number of rotatable bonds is 4. The highest BCUT2D eigenvalue weighted by Gasteiger charge is 2.19. The molecule has 0 saturated carbocycles. The fraction of sp³-hybridized carbons (Fsp3) is 0.533. The second-order valence-electron chi connectivity index (χ2n) is 5.13. The number of carbonyl (C=O) groups excluding carboxylic acids is 1. The Kier molecular flexibility index (Phi) is 5.26. The number of amides is 1. The van der Waals surface area contributed by atoms with Gasteiger partial charge in [0, 0.05) is 36.9 Å². The number of hydrogen-bond donors (Lipinski definition) is 1. The van der Waals surface area contributed by atoms with E-state index in [4.69, 9.17) is 11.6 Å². The maximum Gasteiger partial charge on any atom is 0.241 e. The molecule has 4 nitrogen and oxygen atoms in total. The zero-order valence-corrected chi connectivity index (χ0v) is 12.9. The van der Waals surface area contributed by atoms with E-state index in [1.54, 1.807) is 0 Å². The van der Waals surface area contributed by atoms with Crippen LogP contribution in [0.1, 0.15) is 12.5 Å². The quantitative estimate of drug-likeness (QED) is 0.925. The van der Waals surface area contributed by atoms with Crippen molar-refractivity contribution in [2.75, 3.05) is 44.6 Å². The summed E-state index contributed by atoms with van der Waals surface area (Å²) in [5.74, 6) is 0.153. The second-order valence-corrected chi connectivity index (χ2v) is 5.56. The molecule has 0 unspecified atom stereocenters. The Labute approximate surface area is 125 Å². The first-order valence-electron chi connectivity index (χ1n) is 7.10. The van der Waals surface area contributed by atoms with E-state index in [1.165, 1.54) is 0 Å². The van der Waals surface area contributed by atoms with Crippen LogP contribution in [0.4, 0.5) is 5.69 Å². The molecule has 0 aliphatic carbocycles. The summed E-state index contributed by atoms with van der Waals surface area (Å²) < 4.78 is 0. The maximum absolute atomic E-state index is 12.2. The van der Waals surface area contributed by atoms with Gasteiger partial charge in [0.2, 0.25) is 5.91 Å². The molecule has 0 radical (unpaired) electrons. The first-order valence-corrected chi connectivity index (χ1v) is 7.48. The molecule has 0 aromatic heterocycles. The Morgan fingerprint density at radius 2 is 2.00 bits per heavy atom. The minimum absolute atomic E-state index is 0.153. The third-order valence-electron chi connectivity index (χ3n) is 3.80. The van der Waals surface area contributed by atoms with Gasteiger partial charge in [-0.3, -0.25) is 4.79 Å². The predicted octanol–water partition coefficient (Wildman–Crippen LogP) is 2.22. The third-order valence-corrected chi connectivity index (χ3v) is 4.04. The fourth-order valence-electron chi connectivity index (χ4n) is 2.38. The zero-order chi connectivity index (χ0) is 14.5. The third kappa shape index (κ3) is 3.87. The van der Waals surface area contributed by atoms with Gasteiger partial charge in [-0.05, 0) is 31.2 Å². The maximum atomic E-state index is 12.2. The molecule has 1 fully saturated rings. The number of aryl methyl sites for hydroxylation is 1. The lowest BCUT2D eigenvalue weighted by molar-refractivity contribution is -0.131. The first kappa shape index (κ1) is 15.1. The van der Waals surface area contributed by atoms with Crippen LogP contribution >= 0.6 is 11.6 Å². The van der Waals surface area contributed by atoms with Crippen molar-refractivity contribution < 1.29 is 4.79 Å². The molecule has 1 saturated heterocycles. The molecule has 2 rings (SSSR count). The van der Waals surface area contributed by atoms with Crippen LogP contribution in [0.2, 0.25) is 5.02 Å². The number of nitrogens with zero attached hydrogens (tertiary/aromatic N) is 2. The lowest BCUT2D eigenvalue weighted by atomic mass is 10.2. The molecule has 1 aliphatic heterocycles. The van der Waals surface area contributed by atoms with Crippen molar-refractivity contribution >= 4 is 23.2 Å². The van der Waals surface area contributed by atoms with Gasteiger partial charge >= 0.3 is 0 Å². The lowest BCUT2D eigenvalue weighted by Gasteiger charge is -2.34. The van der Waals surface area contributed by atoms with Crippen molar-refractivity contribution in [3.05, 3.63) is 28.8 Å². The van der Waals surface area contributed by atoms with Gasteiger partial charge < -0.3 is 15.1 Å². The van der Waals surface area contributed by atoms with Gasteiger partial charge in [0.15, 0.2) is 0 Å². The van der Waals surface area contributed by atoms with Crippen LogP contribution in [0.5, 0.6) is 0 Å². The Hall–Kier alpha value is -1.26. The van der Waals surface area contributed by atoms with Gasteiger partial charge in [-0.25, -0.2) is 0 Å². The molecule has 1 amide bonds. The number of halogens is 1. The van der Waals surface area contributed by atoms with Crippen LogP contribution in [0.25, 0.3) is 0 Å².